The SMILES string of the molecule is Cc1cc(Br)cc(C(Cc2cc(F)ccc2F)NN)c1. The van der Waals surface area contributed by atoms with Crippen molar-refractivity contribution in [2.24, 2.45) is 5.84 Å². The molecule has 0 spiro atoms. The number of nitrogens with one attached hydrogen (secondary N) is 1. The summed E-state index contributed by atoms with van der Waals surface area (Å²) in [5.41, 5.74) is 4.94. The van der Waals surface area contributed by atoms with Gasteiger partial charge in [0.25, 0.3) is 0 Å². The minimum atomic E-state index is -0.456. The van der Waals surface area contributed by atoms with E-state index in [1.165, 1.54) is 6.07 Å². The highest BCUT2D eigenvalue weighted by Gasteiger charge is 2.14. The predicted octanol–water partition coefficient (Wildman–Crippen LogP) is 3.78. The summed E-state index contributed by atoms with van der Waals surface area (Å²) in [5.74, 6) is 4.67. The molecule has 0 saturated carbocycles. The Morgan fingerprint density at radius 3 is 2.60 bits per heavy atom. The number of nitrogens with two attached hydrogens (primary N) is 1. The van der Waals surface area contributed by atoms with Crippen LogP contribution in [0.2, 0.25) is 0 Å². The zero-order chi connectivity index (χ0) is 14.7. The summed E-state index contributed by atoms with van der Waals surface area (Å²) in [6.45, 7) is 1.96. The van der Waals surface area contributed by atoms with Gasteiger partial charge in [-0.1, -0.05) is 22.0 Å². The fourth-order valence-corrected chi connectivity index (χ4v) is 2.78. The van der Waals surface area contributed by atoms with Crippen LogP contribution in [-0.4, -0.2) is 0 Å². The highest BCUT2D eigenvalue weighted by molar-refractivity contribution is 9.10. The largest absolute Gasteiger partial charge is 0.271 e. The fourth-order valence-electron chi connectivity index (χ4n) is 2.16. The number of hydrogen-bond acceptors (Lipinski definition) is 2. The van der Waals surface area contributed by atoms with Crippen molar-refractivity contribution in [2.75, 3.05) is 0 Å². The zero-order valence-corrected chi connectivity index (χ0v) is 12.5. The standard InChI is InChI=1S/C15H15BrF2N2/c1-9-4-11(6-12(16)5-9)15(20-19)8-10-7-13(17)2-3-14(10)18/h2-7,15,20H,8,19H2,1H3. The predicted molar refractivity (Wildman–Crippen MR) is 79.0 cm³/mol. The van der Waals surface area contributed by atoms with Gasteiger partial charge in [-0.15, -0.1) is 0 Å². The molecule has 5 heteroatoms. The highest BCUT2D eigenvalue weighted by Crippen LogP contribution is 2.24. The lowest BCUT2D eigenvalue weighted by Crippen LogP contribution is -2.30. The Morgan fingerprint density at radius 2 is 1.95 bits per heavy atom. The van der Waals surface area contributed by atoms with Crippen LogP contribution in [0.25, 0.3) is 0 Å². The lowest BCUT2D eigenvalue weighted by Gasteiger charge is -2.18. The van der Waals surface area contributed by atoms with Gasteiger partial charge in [0, 0.05) is 4.47 Å². The Morgan fingerprint density at radius 1 is 1.20 bits per heavy atom. The van der Waals surface area contributed by atoms with Gasteiger partial charge in [-0.2, -0.15) is 0 Å². The Hall–Kier alpha value is -1.30. The van der Waals surface area contributed by atoms with Crippen LogP contribution in [0.4, 0.5) is 8.78 Å². The molecule has 0 aliphatic rings. The minimum Gasteiger partial charge on any atom is -0.271 e. The Bertz CT molecular complexity index is 597. The van der Waals surface area contributed by atoms with Gasteiger partial charge in [-0.3, -0.25) is 11.3 Å². The summed E-state index contributed by atoms with van der Waals surface area (Å²) < 4.78 is 27.8. The monoisotopic (exact) mass is 340 g/mol. The van der Waals surface area contributed by atoms with Gasteiger partial charge in [-0.25, -0.2) is 8.78 Å². The first-order chi connectivity index (χ1) is 9.49. The Balaban J connectivity index is 2.30. The smallest absolute Gasteiger partial charge is 0.126 e. The van der Waals surface area contributed by atoms with Crippen LogP contribution < -0.4 is 11.3 Å². The minimum absolute atomic E-state index is 0.274. The molecule has 0 aromatic heterocycles. The number of rotatable bonds is 4. The number of halogens is 3. The van der Waals surface area contributed by atoms with Crippen LogP contribution >= 0.6 is 15.9 Å². The van der Waals surface area contributed by atoms with E-state index in [4.69, 9.17) is 5.84 Å². The maximum atomic E-state index is 13.7. The van der Waals surface area contributed by atoms with Gasteiger partial charge in [0.15, 0.2) is 0 Å². The summed E-state index contributed by atoms with van der Waals surface area (Å²) in [7, 11) is 0. The molecule has 1 unspecified atom stereocenters. The number of benzene rings is 2. The van der Waals surface area contributed by atoms with E-state index < -0.39 is 11.6 Å². The van der Waals surface area contributed by atoms with Crippen molar-refractivity contribution in [1.29, 1.82) is 0 Å². The van der Waals surface area contributed by atoms with Crippen molar-refractivity contribution >= 4 is 15.9 Å². The number of aryl methyl sites for hydroxylation is 1. The second-order valence-electron chi connectivity index (χ2n) is 4.72. The summed E-state index contributed by atoms with van der Waals surface area (Å²) in [6, 6.07) is 8.99. The van der Waals surface area contributed by atoms with Crippen molar-refractivity contribution < 1.29 is 8.78 Å². The third-order valence-corrected chi connectivity index (χ3v) is 3.56. The van der Waals surface area contributed by atoms with Crippen molar-refractivity contribution in [1.82, 2.24) is 5.43 Å². The molecule has 0 amide bonds. The molecule has 0 heterocycles. The summed E-state index contributed by atoms with van der Waals surface area (Å²) in [5, 5.41) is 0. The second kappa shape index (κ2) is 6.43. The summed E-state index contributed by atoms with van der Waals surface area (Å²) >= 11 is 3.42. The molecule has 1 atom stereocenters. The molecule has 2 nitrogen and oxygen atoms in total. The molecule has 0 saturated heterocycles. The Labute approximate surface area is 125 Å². The van der Waals surface area contributed by atoms with E-state index >= 15 is 0 Å². The third kappa shape index (κ3) is 3.62. The normalized spacial score (nSPS) is 12.4. The lowest BCUT2D eigenvalue weighted by molar-refractivity contribution is 0.522. The molecular weight excluding hydrogens is 326 g/mol. The average molecular weight is 341 g/mol. The first-order valence-electron chi connectivity index (χ1n) is 6.16. The molecule has 0 bridgehead atoms. The van der Waals surface area contributed by atoms with E-state index in [2.05, 4.69) is 21.4 Å². The first kappa shape index (κ1) is 15.1. The number of hydrazine groups is 1. The highest BCUT2D eigenvalue weighted by atomic mass is 79.9. The van der Waals surface area contributed by atoms with Crippen molar-refractivity contribution in [2.45, 2.75) is 19.4 Å². The summed E-state index contributed by atoms with van der Waals surface area (Å²) in [6.07, 6.45) is 0.274. The molecule has 2 aromatic carbocycles. The quantitative estimate of drug-likeness (QED) is 0.656. The van der Waals surface area contributed by atoms with Gasteiger partial charge in [0.2, 0.25) is 0 Å². The lowest BCUT2D eigenvalue weighted by atomic mass is 9.98. The van der Waals surface area contributed by atoms with Crippen LogP contribution in [0.3, 0.4) is 0 Å². The van der Waals surface area contributed by atoms with E-state index in [1.54, 1.807) is 0 Å². The van der Waals surface area contributed by atoms with Crippen molar-refractivity contribution in [3.8, 4) is 0 Å². The maximum absolute atomic E-state index is 13.7. The van der Waals surface area contributed by atoms with Crippen LogP contribution in [0.1, 0.15) is 22.7 Å². The molecule has 0 radical (unpaired) electrons. The van der Waals surface area contributed by atoms with Crippen molar-refractivity contribution in [3.63, 3.8) is 0 Å². The van der Waals surface area contributed by atoms with Crippen LogP contribution in [0.5, 0.6) is 0 Å². The van der Waals surface area contributed by atoms with Crippen LogP contribution in [0.15, 0.2) is 40.9 Å². The van der Waals surface area contributed by atoms with Crippen LogP contribution in [-0.2, 0) is 6.42 Å². The maximum Gasteiger partial charge on any atom is 0.126 e. The van der Waals surface area contributed by atoms with Crippen LogP contribution in [0, 0.1) is 18.6 Å². The molecule has 0 aliphatic heterocycles. The van der Waals surface area contributed by atoms with E-state index in [-0.39, 0.29) is 12.5 Å². The molecule has 20 heavy (non-hydrogen) atoms. The first-order valence-corrected chi connectivity index (χ1v) is 6.96. The van der Waals surface area contributed by atoms with Gasteiger partial charge < -0.3 is 0 Å². The Kier molecular flexibility index (Phi) is 4.86. The van der Waals surface area contributed by atoms with E-state index in [1.807, 2.05) is 25.1 Å². The van der Waals surface area contributed by atoms with Gasteiger partial charge >= 0.3 is 0 Å². The third-order valence-electron chi connectivity index (χ3n) is 3.10. The van der Waals surface area contributed by atoms with E-state index in [0.29, 0.717) is 5.56 Å². The molecule has 2 aromatic rings. The molecule has 3 N–H and O–H groups in total. The topological polar surface area (TPSA) is 38.0 Å². The zero-order valence-electron chi connectivity index (χ0n) is 11.0. The molecule has 0 fully saturated rings. The van der Waals surface area contributed by atoms with Gasteiger partial charge in [0.1, 0.15) is 11.6 Å². The second-order valence-corrected chi connectivity index (χ2v) is 5.64. The molecule has 2 rings (SSSR count). The van der Waals surface area contributed by atoms with Gasteiger partial charge in [0.05, 0.1) is 6.04 Å². The molecule has 106 valence electrons. The average Bonchev–Trinajstić information content (AvgIpc) is 2.38. The summed E-state index contributed by atoms with van der Waals surface area (Å²) in [4.78, 5) is 0. The van der Waals surface area contributed by atoms with E-state index in [0.717, 1.165) is 27.7 Å². The van der Waals surface area contributed by atoms with Gasteiger partial charge in [-0.05, 0) is 60.4 Å². The molecule has 0 aliphatic carbocycles. The van der Waals surface area contributed by atoms with E-state index in [9.17, 15) is 8.78 Å². The fraction of sp³-hybridized carbons (Fsp3) is 0.200. The number of hydrogen-bond donors (Lipinski definition) is 2. The van der Waals surface area contributed by atoms with Crippen molar-refractivity contribution in [3.05, 3.63) is 69.2 Å². The molecular formula is C15H15BrF2N2.